The lowest BCUT2D eigenvalue weighted by molar-refractivity contribution is -0.870. The van der Waals surface area contributed by atoms with Crippen LogP contribution < -0.4 is 5.32 Å². The zero-order chi connectivity index (χ0) is 60.5. The quantitative estimate of drug-likeness (QED) is 0.0243. The Kier molecular flexibility index (Phi) is 60.6. The van der Waals surface area contributed by atoms with Crippen molar-refractivity contribution in [2.45, 2.75) is 289 Å². The van der Waals surface area contributed by atoms with Crippen molar-refractivity contribution < 1.29 is 32.9 Å². The third-order valence-electron chi connectivity index (χ3n) is 14.6. The molecule has 8 nitrogen and oxygen atoms in total. The molecular weight excluding hydrogens is 1040 g/mol. The highest BCUT2D eigenvalue weighted by Crippen LogP contribution is 2.43. The van der Waals surface area contributed by atoms with Crippen LogP contribution in [0.2, 0.25) is 0 Å². The molecule has 476 valence electrons. The number of likely N-dealkylation sites (N-methyl/N-ethyl adjacent to an activating group) is 1. The lowest BCUT2D eigenvalue weighted by Crippen LogP contribution is -2.45. The normalized spacial score (nSPS) is 14.5. The average molecular weight is 1170 g/mol. The third kappa shape index (κ3) is 66.0. The number of hydrogen-bond acceptors (Lipinski definition) is 5. The molecule has 0 aromatic heterocycles. The van der Waals surface area contributed by atoms with Crippen LogP contribution in [0.4, 0.5) is 0 Å². The Morgan fingerprint density at radius 3 is 1.11 bits per heavy atom. The van der Waals surface area contributed by atoms with Crippen LogP contribution >= 0.6 is 7.82 Å². The predicted molar refractivity (Wildman–Crippen MR) is 364 cm³/mol. The standard InChI is InChI=1S/C74H129N2O6P/c1-6-8-10-12-14-16-18-20-22-24-26-28-30-32-34-36-37-38-40-41-43-45-47-49-51-53-55-57-59-61-63-65-67-73(77)72(71-82-83(79,80)81-70-69-76(3,4)5)75-74(78)68-66-64-62-60-58-56-54-52-50-48-46-44-42-39-35-33-31-29-27-25-23-21-19-17-15-13-11-9-7-2/h9,11,15,17,21,23,27,29,33,35,42,44,48-51,54,56-57,59,65,67,72-73,77H,6-8,10,12-14,16,18-20,22,24-26,28,30-32,34,36-41,43,45-47,52-53,55,58,60-64,66,68-71H2,1-5H3,(H-,75,78,79,80)/p+1/b11-9-,17-15-,23-21-,29-27-,35-33-,44-42-,50-48-,51-49+,56-54-,59-57+,67-65+. The fraction of sp³-hybridized carbons (Fsp3) is 0.689. The van der Waals surface area contributed by atoms with Gasteiger partial charge in [-0.3, -0.25) is 13.8 Å². The van der Waals surface area contributed by atoms with E-state index in [1.807, 2.05) is 27.2 Å². The number of aliphatic hydroxyl groups excluding tert-OH is 1. The minimum atomic E-state index is -4.38. The highest BCUT2D eigenvalue weighted by Gasteiger charge is 2.27. The van der Waals surface area contributed by atoms with Crippen LogP contribution in [0.15, 0.2) is 134 Å². The minimum Gasteiger partial charge on any atom is -0.387 e. The van der Waals surface area contributed by atoms with E-state index in [0.29, 0.717) is 17.4 Å². The van der Waals surface area contributed by atoms with Gasteiger partial charge in [-0.15, -0.1) is 0 Å². The van der Waals surface area contributed by atoms with Gasteiger partial charge in [0.2, 0.25) is 5.91 Å². The van der Waals surface area contributed by atoms with E-state index in [0.717, 1.165) is 109 Å². The van der Waals surface area contributed by atoms with Crippen molar-refractivity contribution >= 4 is 13.7 Å². The molecule has 0 saturated carbocycles. The molecule has 0 fully saturated rings. The van der Waals surface area contributed by atoms with Crippen molar-refractivity contribution in [3.8, 4) is 0 Å². The number of amides is 1. The van der Waals surface area contributed by atoms with E-state index in [1.54, 1.807) is 6.08 Å². The molecule has 0 aliphatic carbocycles. The SMILES string of the molecule is CC/C=C\C/C=C\C/C=C\C/C=C\C/C=C\C/C=C\C/C=C\C/C=C\CCCCCCC(=O)NC(COP(=O)(O)OCC[N+](C)(C)C)C(O)/C=C/CC/C=C/CC/C=C/CCCCCCCCCCCCCCCCCCCCCCCC. The number of phosphoric ester groups is 1. The van der Waals surface area contributed by atoms with Gasteiger partial charge >= 0.3 is 7.82 Å². The fourth-order valence-corrected chi connectivity index (χ4v) is 10.1. The first-order valence-corrected chi connectivity index (χ1v) is 35.6. The Bertz CT molecular complexity index is 1810. The van der Waals surface area contributed by atoms with Crippen LogP contribution in [0.3, 0.4) is 0 Å². The van der Waals surface area contributed by atoms with Gasteiger partial charge in [0.05, 0.1) is 39.9 Å². The summed E-state index contributed by atoms with van der Waals surface area (Å²) in [6.07, 6.45) is 96.0. The summed E-state index contributed by atoms with van der Waals surface area (Å²) < 4.78 is 23.7. The molecule has 3 atom stereocenters. The molecule has 0 heterocycles. The molecule has 9 heteroatoms. The van der Waals surface area contributed by atoms with Crippen LogP contribution in [0, 0.1) is 0 Å². The predicted octanol–water partition coefficient (Wildman–Crippen LogP) is 21.8. The number of nitrogens with one attached hydrogen (secondary N) is 1. The Labute approximate surface area is 513 Å². The average Bonchev–Trinajstić information content (AvgIpc) is 3.50. The number of phosphoric acid groups is 1. The van der Waals surface area contributed by atoms with Gasteiger partial charge in [0, 0.05) is 6.42 Å². The molecule has 1 amide bonds. The van der Waals surface area contributed by atoms with Crippen LogP contribution in [0.1, 0.15) is 277 Å². The number of aliphatic hydroxyl groups is 1. The van der Waals surface area contributed by atoms with Gasteiger partial charge in [0.25, 0.3) is 0 Å². The summed E-state index contributed by atoms with van der Waals surface area (Å²) in [5, 5.41) is 13.9. The maximum absolute atomic E-state index is 13.0. The van der Waals surface area contributed by atoms with Crippen LogP contribution in [0.5, 0.6) is 0 Å². The van der Waals surface area contributed by atoms with Crippen molar-refractivity contribution in [3.63, 3.8) is 0 Å². The number of nitrogens with zero attached hydrogens (tertiary/aromatic N) is 1. The first-order chi connectivity index (χ1) is 40.5. The molecule has 0 aliphatic rings. The molecule has 3 N–H and O–H groups in total. The second kappa shape index (κ2) is 63.2. The van der Waals surface area contributed by atoms with Gasteiger partial charge in [-0.2, -0.15) is 0 Å². The monoisotopic (exact) mass is 1170 g/mol. The fourth-order valence-electron chi connectivity index (χ4n) is 9.33. The first-order valence-electron chi connectivity index (χ1n) is 34.1. The third-order valence-corrected chi connectivity index (χ3v) is 15.6. The molecule has 83 heavy (non-hydrogen) atoms. The number of rotatable bonds is 61. The second-order valence-electron chi connectivity index (χ2n) is 23.8. The number of allylic oxidation sites excluding steroid dienone is 21. The maximum Gasteiger partial charge on any atom is 0.472 e. The Balaban J connectivity index is 4.26. The lowest BCUT2D eigenvalue weighted by Gasteiger charge is -2.25. The van der Waals surface area contributed by atoms with Gasteiger partial charge in [0.15, 0.2) is 0 Å². The Hall–Kier alpha value is -3.36. The molecule has 3 unspecified atom stereocenters. The second-order valence-corrected chi connectivity index (χ2v) is 25.3. The van der Waals surface area contributed by atoms with E-state index >= 15 is 0 Å². The zero-order valence-corrected chi connectivity index (χ0v) is 55.3. The molecule has 0 aromatic rings. The van der Waals surface area contributed by atoms with E-state index in [9.17, 15) is 19.4 Å². The summed E-state index contributed by atoms with van der Waals surface area (Å²) in [5.74, 6) is -0.219. The smallest absolute Gasteiger partial charge is 0.387 e. The van der Waals surface area contributed by atoms with Gasteiger partial charge in [-0.05, 0) is 109 Å². The number of quaternary nitrogens is 1. The largest absolute Gasteiger partial charge is 0.472 e. The topological polar surface area (TPSA) is 105 Å². The van der Waals surface area contributed by atoms with Crippen LogP contribution in [-0.4, -0.2) is 73.4 Å². The van der Waals surface area contributed by atoms with Gasteiger partial charge < -0.3 is 19.8 Å². The lowest BCUT2D eigenvalue weighted by atomic mass is 10.0. The summed E-state index contributed by atoms with van der Waals surface area (Å²) in [7, 11) is 1.51. The number of carbonyl (C=O) groups is 1. The minimum absolute atomic E-state index is 0.0405. The van der Waals surface area contributed by atoms with Crippen LogP contribution in [0.25, 0.3) is 0 Å². The van der Waals surface area contributed by atoms with Gasteiger partial charge in [0.1, 0.15) is 13.2 Å². The Morgan fingerprint density at radius 2 is 0.735 bits per heavy atom. The summed E-state index contributed by atoms with van der Waals surface area (Å²) in [4.78, 5) is 23.4. The first kappa shape index (κ1) is 79.6. The zero-order valence-electron chi connectivity index (χ0n) is 54.4. The molecule has 0 rings (SSSR count). The maximum atomic E-state index is 13.0. The van der Waals surface area contributed by atoms with E-state index < -0.39 is 20.0 Å². The molecule has 0 aromatic carbocycles. The summed E-state index contributed by atoms with van der Waals surface area (Å²) >= 11 is 0. The van der Waals surface area contributed by atoms with E-state index in [-0.39, 0.29) is 19.1 Å². The Morgan fingerprint density at radius 1 is 0.422 bits per heavy atom. The summed E-state index contributed by atoms with van der Waals surface area (Å²) in [6.45, 7) is 4.66. The number of unbranched alkanes of at least 4 members (excludes halogenated alkanes) is 28. The van der Waals surface area contributed by atoms with Crippen LogP contribution in [-0.2, 0) is 18.4 Å². The van der Waals surface area contributed by atoms with Crippen molar-refractivity contribution in [2.24, 2.45) is 0 Å². The molecule has 0 aliphatic heterocycles. The van der Waals surface area contributed by atoms with Crippen molar-refractivity contribution in [2.75, 3.05) is 40.9 Å². The van der Waals surface area contributed by atoms with Crippen molar-refractivity contribution in [3.05, 3.63) is 134 Å². The van der Waals surface area contributed by atoms with Gasteiger partial charge in [-0.1, -0.05) is 295 Å². The summed E-state index contributed by atoms with van der Waals surface area (Å²) in [6, 6.07) is -0.896. The van der Waals surface area contributed by atoms with E-state index in [4.69, 9.17) is 9.05 Å². The van der Waals surface area contributed by atoms with E-state index in [1.165, 1.54) is 148 Å². The number of hydrogen-bond donors (Lipinski definition) is 3. The van der Waals surface area contributed by atoms with Crippen molar-refractivity contribution in [1.29, 1.82) is 0 Å². The molecule has 0 radical (unpaired) electrons. The molecule has 0 saturated heterocycles. The van der Waals surface area contributed by atoms with Crippen molar-refractivity contribution in [1.82, 2.24) is 5.32 Å². The van der Waals surface area contributed by atoms with Gasteiger partial charge in [-0.25, -0.2) is 4.57 Å². The van der Waals surface area contributed by atoms with E-state index in [2.05, 4.69) is 141 Å². The molecular formula is C74H130N2O6P+. The molecule has 0 spiro atoms. The molecule has 0 bridgehead atoms. The summed E-state index contributed by atoms with van der Waals surface area (Å²) in [5.41, 5.74) is 0. The highest BCUT2D eigenvalue weighted by atomic mass is 31.2. The number of carbonyl (C=O) groups excluding carboxylic acids is 1. The highest BCUT2D eigenvalue weighted by molar-refractivity contribution is 7.47.